The summed E-state index contributed by atoms with van der Waals surface area (Å²) in [7, 11) is 0. The minimum absolute atomic E-state index is 0.121. The molecule has 1 aromatic carbocycles. The van der Waals surface area contributed by atoms with Gasteiger partial charge in [0.25, 0.3) is 17.7 Å². The third-order valence-corrected chi connectivity index (χ3v) is 6.07. The number of carbonyl (C=O) groups excluding carboxylic acids is 3. The van der Waals surface area contributed by atoms with Gasteiger partial charge in [0.05, 0.1) is 11.4 Å². The minimum atomic E-state index is -0.523. The number of carbonyl (C=O) groups is 3. The summed E-state index contributed by atoms with van der Waals surface area (Å²) in [6, 6.07) is 6.69. The maximum atomic E-state index is 12.3. The number of ether oxygens (including phenoxy) is 2. The van der Waals surface area contributed by atoms with E-state index >= 15 is 0 Å². The van der Waals surface area contributed by atoms with Gasteiger partial charge in [0.15, 0.2) is 11.5 Å². The number of thiophene rings is 1. The molecule has 0 bridgehead atoms. The molecule has 0 atom stereocenters. The average Bonchev–Trinajstić information content (AvgIpc) is 3.31. The first-order chi connectivity index (χ1) is 14.1. The molecule has 8 nitrogen and oxygen atoms in total. The van der Waals surface area contributed by atoms with Gasteiger partial charge in [-0.25, -0.2) is 0 Å². The zero-order chi connectivity index (χ0) is 20.2. The van der Waals surface area contributed by atoms with Crippen LogP contribution in [0, 0.1) is 0 Å². The number of aryl methyl sites for hydroxylation is 2. The van der Waals surface area contributed by atoms with E-state index in [0.29, 0.717) is 21.9 Å². The highest BCUT2D eigenvalue weighted by atomic mass is 32.1. The number of hydrazine groups is 1. The molecule has 29 heavy (non-hydrogen) atoms. The molecule has 3 N–H and O–H groups in total. The van der Waals surface area contributed by atoms with Gasteiger partial charge in [0.2, 0.25) is 6.79 Å². The van der Waals surface area contributed by atoms with E-state index < -0.39 is 11.8 Å². The lowest BCUT2D eigenvalue weighted by molar-refractivity contribution is -0.120. The second-order valence-corrected chi connectivity index (χ2v) is 8.01. The van der Waals surface area contributed by atoms with Crippen LogP contribution >= 0.6 is 11.3 Å². The Morgan fingerprint density at radius 3 is 2.66 bits per heavy atom. The van der Waals surface area contributed by atoms with Crippen molar-refractivity contribution in [3.63, 3.8) is 0 Å². The number of amides is 3. The van der Waals surface area contributed by atoms with Crippen LogP contribution in [0.4, 0.5) is 0 Å². The summed E-state index contributed by atoms with van der Waals surface area (Å²) < 4.78 is 10.4. The van der Waals surface area contributed by atoms with E-state index in [4.69, 9.17) is 9.47 Å². The van der Waals surface area contributed by atoms with Crippen LogP contribution in [0.1, 0.15) is 49.7 Å². The lowest BCUT2D eigenvalue weighted by Crippen LogP contribution is -2.46. The van der Waals surface area contributed by atoms with Crippen molar-refractivity contribution in [2.75, 3.05) is 13.3 Å². The van der Waals surface area contributed by atoms with E-state index in [0.717, 1.165) is 25.7 Å². The molecule has 0 saturated heterocycles. The highest BCUT2D eigenvalue weighted by Gasteiger charge is 2.18. The Morgan fingerprint density at radius 2 is 1.76 bits per heavy atom. The molecule has 3 amide bonds. The van der Waals surface area contributed by atoms with E-state index in [2.05, 4.69) is 16.2 Å². The molecule has 2 heterocycles. The first-order valence-electron chi connectivity index (χ1n) is 9.49. The van der Waals surface area contributed by atoms with E-state index in [-0.39, 0.29) is 19.2 Å². The fourth-order valence-electron chi connectivity index (χ4n) is 3.31. The van der Waals surface area contributed by atoms with Crippen LogP contribution in [0.5, 0.6) is 11.5 Å². The highest BCUT2D eigenvalue weighted by molar-refractivity contribution is 7.14. The minimum Gasteiger partial charge on any atom is -0.454 e. The monoisotopic (exact) mass is 415 g/mol. The van der Waals surface area contributed by atoms with Crippen LogP contribution in [-0.4, -0.2) is 31.1 Å². The lowest BCUT2D eigenvalue weighted by atomic mass is 10.1. The van der Waals surface area contributed by atoms with Gasteiger partial charge in [-0.2, -0.15) is 0 Å². The van der Waals surface area contributed by atoms with Crippen molar-refractivity contribution >= 4 is 29.1 Å². The molecular formula is C20H21N3O5S. The first-order valence-corrected chi connectivity index (χ1v) is 10.3. The first kappa shape index (κ1) is 19.3. The number of benzene rings is 1. The third kappa shape index (κ3) is 4.51. The largest absolute Gasteiger partial charge is 0.454 e. The fraction of sp³-hybridized carbons (Fsp3) is 0.350. The summed E-state index contributed by atoms with van der Waals surface area (Å²) >= 11 is 1.48. The molecule has 4 rings (SSSR count). The van der Waals surface area contributed by atoms with Gasteiger partial charge in [-0.3, -0.25) is 25.2 Å². The predicted octanol–water partition coefficient (Wildman–Crippen LogP) is 1.94. The third-order valence-electron chi connectivity index (χ3n) is 4.83. The lowest BCUT2D eigenvalue weighted by Gasteiger charge is -2.08. The van der Waals surface area contributed by atoms with Crippen molar-refractivity contribution in [1.82, 2.24) is 16.2 Å². The molecular weight excluding hydrogens is 394 g/mol. The summed E-state index contributed by atoms with van der Waals surface area (Å²) in [5.41, 5.74) is 6.33. The van der Waals surface area contributed by atoms with Gasteiger partial charge in [0, 0.05) is 10.4 Å². The molecule has 0 unspecified atom stereocenters. The predicted molar refractivity (Wildman–Crippen MR) is 106 cm³/mol. The smallest absolute Gasteiger partial charge is 0.279 e. The molecule has 1 aromatic heterocycles. The van der Waals surface area contributed by atoms with Crippen molar-refractivity contribution in [2.45, 2.75) is 32.1 Å². The molecule has 1 aliphatic carbocycles. The maximum absolute atomic E-state index is 12.3. The Labute approximate surface area is 171 Å². The standard InChI is InChI=1S/C20H21N3O5S/c24-18(10-21-19(25)13-6-7-14-15(8-13)28-11-27-14)22-23-20(26)17-9-12-4-2-1-3-5-16(12)29-17/h6-9H,1-5,10-11H2,(H,21,25)(H,22,24)(H,23,26). The zero-order valence-corrected chi connectivity index (χ0v) is 16.5. The number of hydrogen-bond donors (Lipinski definition) is 3. The molecule has 0 spiro atoms. The summed E-state index contributed by atoms with van der Waals surface area (Å²) in [5.74, 6) is -0.229. The molecule has 2 aromatic rings. The Morgan fingerprint density at radius 1 is 0.931 bits per heavy atom. The Hall–Kier alpha value is -3.07. The second kappa shape index (κ2) is 8.52. The average molecular weight is 415 g/mol. The molecule has 0 radical (unpaired) electrons. The maximum Gasteiger partial charge on any atom is 0.279 e. The summed E-state index contributed by atoms with van der Waals surface area (Å²) in [5, 5.41) is 2.50. The molecule has 9 heteroatoms. The topological polar surface area (TPSA) is 106 Å². The normalized spacial score (nSPS) is 14.5. The van der Waals surface area contributed by atoms with Crippen LogP contribution in [-0.2, 0) is 17.6 Å². The van der Waals surface area contributed by atoms with Gasteiger partial charge in [-0.15, -0.1) is 11.3 Å². The van der Waals surface area contributed by atoms with E-state index in [1.54, 1.807) is 18.2 Å². The summed E-state index contributed by atoms with van der Waals surface area (Å²) in [6.07, 6.45) is 5.51. The number of fused-ring (bicyclic) bond motifs is 2. The quantitative estimate of drug-likeness (QED) is 0.523. The van der Waals surface area contributed by atoms with E-state index in [9.17, 15) is 14.4 Å². The number of hydrogen-bond acceptors (Lipinski definition) is 6. The van der Waals surface area contributed by atoms with Crippen molar-refractivity contribution in [2.24, 2.45) is 0 Å². The van der Waals surface area contributed by atoms with Crippen molar-refractivity contribution < 1.29 is 23.9 Å². The van der Waals surface area contributed by atoms with Crippen molar-refractivity contribution in [1.29, 1.82) is 0 Å². The van der Waals surface area contributed by atoms with Crippen LogP contribution in [0.3, 0.4) is 0 Å². The SMILES string of the molecule is O=C(CNC(=O)c1ccc2c(c1)OCO2)NNC(=O)c1cc2c(s1)CCCCC2. The molecule has 0 saturated carbocycles. The number of nitrogens with one attached hydrogen (secondary N) is 3. The fourth-order valence-corrected chi connectivity index (χ4v) is 4.46. The van der Waals surface area contributed by atoms with Gasteiger partial charge < -0.3 is 14.8 Å². The van der Waals surface area contributed by atoms with Crippen LogP contribution < -0.4 is 25.6 Å². The Kier molecular flexibility index (Phi) is 5.66. The molecule has 2 aliphatic rings. The van der Waals surface area contributed by atoms with Gasteiger partial charge in [-0.05, 0) is 55.5 Å². The van der Waals surface area contributed by atoms with E-state index in [1.165, 1.54) is 28.2 Å². The van der Waals surface area contributed by atoms with Gasteiger partial charge >= 0.3 is 0 Å². The van der Waals surface area contributed by atoms with Crippen molar-refractivity contribution in [3.8, 4) is 11.5 Å². The van der Waals surface area contributed by atoms with E-state index in [1.807, 2.05) is 6.07 Å². The molecule has 152 valence electrons. The van der Waals surface area contributed by atoms with Gasteiger partial charge in [-0.1, -0.05) is 6.42 Å². The summed E-state index contributed by atoms with van der Waals surface area (Å²) in [6.45, 7) is -0.149. The highest BCUT2D eigenvalue weighted by Crippen LogP contribution is 2.32. The molecule has 0 fully saturated rings. The van der Waals surface area contributed by atoms with Crippen LogP contribution in [0.25, 0.3) is 0 Å². The second-order valence-electron chi connectivity index (χ2n) is 6.87. The summed E-state index contributed by atoms with van der Waals surface area (Å²) in [4.78, 5) is 38.3. The van der Waals surface area contributed by atoms with Crippen LogP contribution in [0.15, 0.2) is 24.3 Å². The molecule has 1 aliphatic heterocycles. The Bertz CT molecular complexity index is 932. The number of rotatable bonds is 4. The van der Waals surface area contributed by atoms with Crippen LogP contribution in [0.2, 0.25) is 0 Å². The Balaban J connectivity index is 1.24. The van der Waals surface area contributed by atoms with Crippen molar-refractivity contribution in [3.05, 3.63) is 45.1 Å². The van der Waals surface area contributed by atoms with Gasteiger partial charge in [0.1, 0.15) is 0 Å². The zero-order valence-electron chi connectivity index (χ0n) is 15.7.